The Morgan fingerprint density at radius 1 is 1.44 bits per heavy atom. The molecule has 0 aliphatic carbocycles. The maximum Gasteiger partial charge on any atom is 0.288 e. The molecule has 0 radical (unpaired) electrons. The van der Waals surface area contributed by atoms with Crippen molar-refractivity contribution in [2.45, 2.75) is 13.5 Å². The van der Waals surface area contributed by atoms with Gasteiger partial charge in [0.2, 0.25) is 5.76 Å². The average molecular weight is 246 g/mol. The van der Waals surface area contributed by atoms with Gasteiger partial charge in [0, 0.05) is 19.0 Å². The predicted molar refractivity (Wildman–Crippen MR) is 65.4 cm³/mol. The van der Waals surface area contributed by atoms with Gasteiger partial charge in [-0.05, 0) is 6.07 Å². The Morgan fingerprint density at radius 2 is 2.22 bits per heavy atom. The Labute approximate surface area is 105 Å². The van der Waals surface area contributed by atoms with Gasteiger partial charge in [-0.3, -0.25) is 4.79 Å². The summed E-state index contributed by atoms with van der Waals surface area (Å²) in [6.07, 6.45) is 1.41. The second kappa shape index (κ2) is 5.35. The highest BCUT2D eigenvalue weighted by molar-refractivity contribution is 5.91. The van der Waals surface area contributed by atoms with Gasteiger partial charge in [-0.15, -0.1) is 0 Å². The summed E-state index contributed by atoms with van der Waals surface area (Å²) in [6, 6.07) is 7.51. The number of methoxy groups -OCH3 is 1. The van der Waals surface area contributed by atoms with Gasteiger partial charge in [-0.1, -0.05) is 18.2 Å². The lowest BCUT2D eigenvalue weighted by Gasteiger charge is -2.08. The maximum atomic E-state index is 11.7. The summed E-state index contributed by atoms with van der Waals surface area (Å²) in [4.78, 5) is 15.6. The molecule has 94 valence electrons. The summed E-state index contributed by atoms with van der Waals surface area (Å²) in [6.45, 7) is 2.07. The molecule has 0 atom stereocenters. The quantitative estimate of drug-likeness (QED) is 0.895. The summed E-state index contributed by atoms with van der Waals surface area (Å²) >= 11 is 0. The number of carbonyl (C=O) groups is 1. The van der Waals surface area contributed by atoms with E-state index in [2.05, 4.69) is 10.3 Å². The van der Waals surface area contributed by atoms with Gasteiger partial charge in [0.1, 0.15) is 5.75 Å². The van der Waals surface area contributed by atoms with E-state index in [1.54, 1.807) is 14.0 Å². The third kappa shape index (κ3) is 2.68. The number of oxazole rings is 1. The van der Waals surface area contributed by atoms with Crippen molar-refractivity contribution in [2.24, 2.45) is 0 Å². The monoisotopic (exact) mass is 246 g/mol. The number of para-hydroxylation sites is 1. The van der Waals surface area contributed by atoms with Crippen LogP contribution in [0.1, 0.15) is 22.0 Å². The Hall–Kier alpha value is -2.30. The molecule has 1 N–H and O–H groups in total. The molecule has 5 nitrogen and oxygen atoms in total. The molecule has 0 saturated carbocycles. The van der Waals surface area contributed by atoms with Crippen LogP contribution >= 0.6 is 0 Å². The lowest BCUT2D eigenvalue weighted by atomic mass is 10.2. The molecule has 0 aliphatic heterocycles. The molecule has 1 heterocycles. The zero-order chi connectivity index (χ0) is 13.0. The van der Waals surface area contributed by atoms with Crippen LogP contribution in [0.4, 0.5) is 0 Å². The number of hydrogen-bond donors (Lipinski definition) is 1. The molecule has 2 rings (SSSR count). The van der Waals surface area contributed by atoms with Crippen molar-refractivity contribution < 1.29 is 13.9 Å². The zero-order valence-electron chi connectivity index (χ0n) is 10.3. The number of hydrogen-bond acceptors (Lipinski definition) is 4. The van der Waals surface area contributed by atoms with Gasteiger partial charge >= 0.3 is 0 Å². The Balaban J connectivity index is 2.01. The predicted octanol–water partition coefficient (Wildman–Crippen LogP) is 1.92. The fourth-order valence-electron chi connectivity index (χ4n) is 1.58. The number of aromatic nitrogens is 1. The number of nitrogens with zero attached hydrogens (tertiary/aromatic N) is 1. The smallest absolute Gasteiger partial charge is 0.288 e. The molecule has 1 amide bonds. The first-order valence-electron chi connectivity index (χ1n) is 5.53. The van der Waals surface area contributed by atoms with Gasteiger partial charge in [-0.25, -0.2) is 4.98 Å². The van der Waals surface area contributed by atoms with Gasteiger partial charge in [0.25, 0.3) is 5.91 Å². The molecule has 2 aromatic rings. The number of benzene rings is 1. The van der Waals surface area contributed by atoms with Crippen LogP contribution in [0.5, 0.6) is 5.75 Å². The summed E-state index contributed by atoms with van der Waals surface area (Å²) in [5, 5.41) is 2.75. The van der Waals surface area contributed by atoms with E-state index in [-0.39, 0.29) is 11.7 Å². The van der Waals surface area contributed by atoms with Gasteiger partial charge in [0.05, 0.1) is 13.3 Å². The number of rotatable bonds is 4. The molecule has 0 fully saturated rings. The highest BCUT2D eigenvalue weighted by Gasteiger charge is 2.11. The van der Waals surface area contributed by atoms with Crippen molar-refractivity contribution in [2.75, 3.05) is 7.11 Å². The standard InChI is InChI=1S/C13H14N2O3/c1-9-14-8-12(18-9)13(16)15-7-10-5-3-4-6-11(10)17-2/h3-6,8H,7H2,1-2H3,(H,15,16). The first kappa shape index (κ1) is 12.2. The largest absolute Gasteiger partial charge is 0.496 e. The van der Waals surface area contributed by atoms with Crippen LogP contribution in [0, 0.1) is 6.92 Å². The molecular formula is C13H14N2O3. The number of nitrogens with one attached hydrogen (secondary N) is 1. The normalized spacial score (nSPS) is 10.1. The minimum absolute atomic E-state index is 0.211. The Morgan fingerprint density at radius 3 is 2.89 bits per heavy atom. The van der Waals surface area contributed by atoms with Crippen LogP contribution in [0.15, 0.2) is 34.9 Å². The number of aryl methyl sites for hydroxylation is 1. The molecule has 18 heavy (non-hydrogen) atoms. The van der Waals surface area contributed by atoms with E-state index < -0.39 is 0 Å². The van der Waals surface area contributed by atoms with Crippen molar-refractivity contribution in [3.63, 3.8) is 0 Å². The molecule has 1 aromatic heterocycles. The van der Waals surface area contributed by atoms with Crippen molar-refractivity contribution in [3.8, 4) is 5.75 Å². The minimum atomic E-state index is -0.290. The van der Waals surface area contributed by atoms with E-state index in [0.717, 1.165) is 11.3 Å². The Kier molecular flexibility index (Phi) is 3.62. The summed E-state index contributed by atoms with van der Waals surface area (Å²) < 4.78 is 10.3. The molecule has 0 spiro atoms. The molecule has 1 aromatic carbocycles. The molecule has 5 heteroatoms. The fourth-order valence-corrected chi connectivity index (χ4v) is 1.58. The molecule has 0 saturated heterocycles. The number of amides is 1. The van der Waals surface area contributed by atoms with Crippen LogP contribution in [0.25, 0.3) is 0 Å². The minimum Gasteiger partial charge on any atom is -0.496 e. The van der Waals surface area contributed by atoms with E-state index >= 15 is 0 Å². The molecular weight excluding hydrogens is 232 g/mol. The van der Waals surface area contributed by atoms with Crippen molar-refractivity contribution >= 4 is 5.91 Å². The lowest BCUT2D eigenvalue weighted by Crippen LogP contribution is -2.22. The average Bonchev–Trinajstić information content (AvgIpc) is 2.83. The first-order valence-corrected chi connectivity index (χ1v) is 5.53. The van der Waals surface area contributed by atoms with Crippen LogP contribution in [-0.4, -0.2) is 18.0 Å². The van der Waals surface area contributed by atoms with E-state index in [0.29, 0.717) is 12.4 Å². The number of ether oxygens (including phenoxy) is 1. The van der Waals surface area contributed by atoms with Crippen LogP contribution in [0.2, 0.25) is 0 Å². The van der Waals surface area contributed by atoms with E-state index in [1.807, 2.05) is 24.3 Å². The lowest BCUT2D eigenvalue weighted by molar-refractivity contribution is 0.0921. The number of carbonyl (C=O) groups excluding carboxylic acids is 1. The van der Waals surface area contributed by atoms with Crippen LogP contribution in [-0.2, 0) is 6.54 Å². The van der Waals surface area contributed by atoms with Gasteiger partial charge < -0.3 is 14.5 Å². The molecule has 0 bridgehead atoms. The van der Waals surface area contributed by atoms with Crippen molar-refractivity contribution in [1.29, 1.82) is 0 Å². The van der Waals surface area contributed by atoms with Crippen LogP contribution < -0.4 is 10.1 Å². The SMILES string of the molecule is COc1ccccc1CNC(=O)c1cnc(C)o1. The van der Waals surface area contributed by atoms with E-state index in [9.17, 15) is 4.79 Å². The third-order valence-corrected chi connectivity index (χ3v) is 2.48. The summed E-state index contributed by atoms with van der Waals surface area (Å²) in [7, 11) is 1.60. The second-order valence-corrected chi connectivity index (χ2v) is 3.74. The maximum absolute atomic E-state index is 11.7. The zero-order valence-corrected chi connectivity index (χ0v) is 10.3. The third-order valence-electron chi connectivity index (χ3n) is 2.48. The van der Waals surface area contributed by atoms with Gasteiger partial charge in [-0.2, -0.15) is 0 Å². The summed E-state index contributed by atoms with van der Waals surface area (Å²) in [5.41, 5.74) is 0.907. The molecule has 0 unspecified atom stereocenters. The fraction of sp³-hybridized carbons (Fsp3) is 0.231. The van der Waals surface area contributed by atoms with Crippen molar-refractivity contribution in [1.82, 2.24) is 10.3 Å². The summed E-state index contributed by atoms with van der Waals surface area (Å²) in [5.74, 6) is 1.13. The van der Waals surface area contributed by atoms with Gasteiger partial charge in [0.15, 0.2) is 5.89 Å². The van der Waals surface area contributed by atoms with Crippen LogP contribution in [0.3, 0.4) is 0 Å². The van der Waals surface area contributed by atoms with E-state index in [1.165, 1.54) is 6.20 Å². The van der Waals surface area contributed by atoms with Crippen molar-refractivity contribution in [3.05, 3.63) is 47.7 Å². The topological polar surface area (TPSA) is 64.4 Å². The second-order valence-electron chi connectivity index (χ2n) is 3.74. The highest BCUT2D eigenvalue weighted by atomic mass is 16.5. The molecule has 0 aliphatic rings. The van der Waals surface area contributed by atoms with E-state index in [4.69, 9.17) is 9.15 Å². The first-order chi connectivity index (χ1) is 8.70. The highest BCUT2D eigenvalue weighted by Crippen LogP contribution is 2.16. The Bertz CT molecular complexity index is 549.